The van der Waals surface area contributed by atoms with Crippen molar-refractivity contribution in [1.82, 2.24) is 10.2 Å². The summed E-state index contributed by atoms with van der Waals surface area (Å²) in [7, 11) is 3.57. The summed E-state index contributed by atoms with van der Waals surface area (Å²) in [6.07, 6.45) is 2.49. The van der Waals surface area contributed by atoms with E-state index >= 15 is 0 Å². The maximum Gasteiger partial charge on any atom is 0.210 e. The van der Waals surface area contributed by atoms with E-state index in [9.17, 15) is 0 Å². The maximum atomic E-state index is 4.18. The Morgan fingerprint density at radius 1 is 1.32 bits per heavy atom. The third-order valence-corrected chi connectivity index (χ3v) is 5.96. The summed E-state index contributed by atoms with van der Waals surface area (Å²) in [6, 6.07) is 8.26. The Hall–Kier alpha value is -0.720. The van der Waals surface area contributed by atoms with Crippen molar-refractivity contribution < 1.29 is 0 Å². The molecule has 0 spiro atoms. The molecule has 102 valence electrons. The van der Waals surface area contributed by atoms with Gasteiger partial charge in [0, 0.05) is 11.4 Å². The number of unbranched alkanes of at least 4 members (excludes halogenated alkanes) is 1. The van der Waals surface area contributed by atoms with Gasteiger partial charge in [0.15, 0.2) is 4.34 Å². The Labute approximate surface area is 126 Å². The zero-order valence-electron chi connectivity index (χ0n) is 11.0. The number of nitrogens with one attached hydrogen (secondary N) is 1. The van der Waals surface area contributed by atoms with Gasteiger partial charge >= 0.3 is 0 Å². The molecular weight excluding hydrogens is 294 g/mol. The molecule has 0 amide bonds. The molecule has 0 saturated carbocycles. The topological polar surface area (TPSA) is 37.8 Å². The fraction of sp³-hybridized carbons (Fsp3) is 0.385. The standard InChI is InChI=1S/C13H17N3S3/c1-3-4-8-17-19-13-16-15-12(18-13)14-11-7-5-6-10(2)9-11/h5-7,9H,3-4,8H2,1-2H3,(H,14,15). The molecule has 2 aromatic rings. The lowest BCUT2D eigenvalue weighted by molar-refractivity contribution is 0.898. The monoisotopic (exact) mass is 311 g/mol. The normalized spacial score (nSPS) is 10.6. The van der Waals surface area contributed by atoms with Crippen LogP contribution < -0.4 is 5.32 Å². The molecule has 1 aromatic carbocycles. The summed E-state index contributed by atoms with van der Waals surface area (Å²) in [5, 5.41) is 12.5. The number of benzene rings is 1. The van der Waals surface area contributed by atoms with Gasteiger partial charge in [-0.15, -0.1) is 10.2 Å². The van der Waals surface area contributed by atoms with Crippen LogP contribution in [0.1, 0.15) is 25.3 Å². The molecule has 3 nitrogen and oxygen atoms in total. The summed E-state index contributed by atoms with van der Waals surface area (Å²) in [6.45, 7) is 4.29. The van der Waals surface area contributed by atoms with E-state index in [1.807, 2.05) is 22.9 Å². The summed E-state index contributed by atoms with van der Waals surface area (Å²) < 4.78 is 1.01. The van der Waals surface area contributed by atoms with Gasteiger partial charge < -0.3 is 5.32 Å². The molecule has 0 fully saturated rings. The van der Waals surface area contributed by atoms with Crippen LogP contribution in [-0.2, 0) is 0 Å². The van der Waals surface area contributed by atoms with Crippen LogP contribution in [-0.4, -0.2) is 16.0 Å². The fourth-order valence-corrected chi connectivity index (χ4v) is 4.72. The number of nitrogens with zero attached hydrogens (tertiary/aromatic N) is 2. The SMILES string of the molecule is CCCCSSc1nnc(Nc2cccc(C)c2)s1. The molecule has 0 unspecified atom stereocenters. The zero-order valence-corrected chi connectivity index (χ0v) is 13.5. The molecule has 1 N–H and O–H groups in total. The van der Waals surface area contributed by atoms with Gasteiger partial charge in [0.2, 0.25) is 5.13 Å². The highest BCUT2D eigenvalue weighted by molar-refractivity contribution is 8.77. The van der Waals surface area contributed by atoms with E-state index in [4.69, 9.17) is 0 Å². The van der Waals surface area contributed by atoms with Gasteiger partial charge in [0.05, 0.1) is 0 Å². The average Bonchev–Trinajstić information content (AvgIpc) is 2.82. The highest BCUT2D eigenvalue weighted by Gasteiger charge is 2.05. The molecule has 0 aliphatic rings. The van der Waals surface area contributed by atoms with Crippen molar-refractivity contribution in [2.75, 3.05) is 11.1 Å². The van der Waals surface area contributed by atoms with Gasteiger partial charge in [-0.05, 0) is 41.8 Å². The minimum atomic E-state index is 0.851. The van der Waals surface area contributed by atoms with Gasteiger partial charge in [-0.3, -0.25) is 0 Å². The van der Waals surface area contributed by atoms with Crippen molar-refractivity contribution in [2.45, 2.75) is 31.0 Å². The highest BCUT2D eigenvalue weighted by Crippen LogP contribution is 2.35. The van der Waals surface area contributed by atoms with E-state index in [-0.39, 0.29) is 0 Å². The smallest absolute Gasteiger partial charge is 0.210 e. The van der Waals surface area contributed by atoms with Crippen LogP contribution >= 0.6 is 32.9 Å². The number of aromatic nitrogens is 2. The van der Waals surface area contributed by atoms with Gasteiger partial charge in [-0.2, -0.15) is 0 Å². The van der Waals surface area contributed by atoms with Crippen molar-refractivity contribution in [2.24, 2.45) is 0 Å². The first-order valence-electron chi connectivity index (χ1n) is 6.24. The number of hydrogen-bond acceptors (Lipinski definition) is 6. The summed E-state index contributed by atoms with van der Waals surface area (Å²) in [5.74, 6) is 1.17. The van der Waals surface area contributed by atoms with Gasteiger partial charge in [-0.25, -0.2) is 0 Å². The van der Waals surface area contributed by atoms with Crippen molar-refractivity contribution in [1.29, 1.82) is 0 Å². The molecule has 0 bridgehead atoms. The molecule has 2 rings (SSSR count). The highest BCUT2D eigenvalue weighted by atomic mass is 33.1. The number of hydrogen-bond donors (Lipinski definition) is 1. The Morgan fingerprint density at radius 3 is 3.00 bits per heavy atom. The molecule has 0 aliphatic carbocycles. The Bertz CT molecular complexity index is 513. The van der Waals surface area contributed by atoms with Crippen LogP contribution in [0.5, 0.6) is 0 Å². The third kappa shape index (κ3) is 5.04. The van der Waals surface area contributed by atoms with E-state index in [0.717, 1.165) is 15.2 Å². The second kappa shape index (κ2) is 7.77. The van der Waals surface area contributed by atoms with Crippen LogP contribution in [0.15, 0.2) is 28.6 Å². The predicted octanol–water partition coefficient (Wildman–Crippen LogP) is 5.13. The van der Waals surface area contributed by atoms with Gasteiger partial charge in [0.25, 0.3) is 0 Å². The first kappa shape index (κ1) is 14.7. The number of rotatable bonds is 7. The maximum absolute atomic E-state index is 4.18. The lowest BCUT2D eigenvalue weighted by atomic mass is 10.2. The Morgan fingerprint density at radius 2 is 2.21 bits per heavy atom. The van der Waals surface area contributed by atoms with E-state index < -0.39 is 0 Å². The molecule has 0 saturated heterocycles. The molecule has 1 aromatic heterocycles. The van der Waals surface area contributed by atoms with Gasteiger partial charge in [-0.1, -0.05) is 47.6 Å². The second-order valence-electron chi connectivity index (χ2n) is 4.13. The van der Waals surface area contributed by atoms with E-state index in [2.05, 4.69) is 41.5 Å². The fourth-order valence-electron chi connectivity index (χ4n) is 1.44. The number of anilines is 2. The minimum absolute atomic E-state index is 0.851. The molecule has 0 atom stereocenters. The van der Waals surface area contributed by atoms with Crippen molar-refractivity contribution >= 4 is 43.7 Å². The summed E-state index contributed by atoms with van der Waals surface area (Å²) >= 11 is 1.60. The first-order valence-corrected chi connectivity index (χ1v) is 9.38. The molecule has 0 radical (unpaired) electrons. The van der Waals surface area contributed by atoms with Crippen LogP contribution in [0.3, 0.4) is 0 Å². The second-order valence-corrected chi connectivity index (χ2v) is 7.77. The quantitative estimate of drug-likeness (QED) is 0.567. The van der Waals surface area contributed by atoms with E-state index in [1.54, 1.807) is 22.1 Å². The molecule has 19 heavy (non-hydrogen) atoms. The summed E-state index contributed by atoms with van der Waals surface area (Å²) in [5.41, 5.74) is 2.30. The zero-order chi connectivity index (χ0) is 13.5. The lowest BCUT2D eigenvalue weighted by Gasteiger charge is -2.01. The van der Waals surface area contributed by atoms with Crippen LogP contribution in [0, 0.1) is 6.92 Å². The first-order chi connectivity index (χ1) is 9.28. The van der Waals surface area contributed by atoms with Crippen LogP contribution in [0.2, 0.25) is 0 Å². The molecule has 0 aliphatic heterocycles. The third-order valence-electron chi connectivity index (χ3n) is 2.39. The van der Waals surface area contributed by atoms with Crippen molar-refractivity contribution in [3.05, 3.63) is 29.8 Å². The van der Waals surface area contributed by atoms with Crippen molar-refractivity contribution in [3.63, 3.8) is 0 Å². The van der Waals surface area contributed by atoms with Crippen molar-refractivity contribution in [3.8, 4) is 0 Å². The Kier molecular flexibility index (Phi) is 6.00. The minimum Gasteiger partial charge on any atom is -0.330 e. The Balaban J connectivity index is 1.87. The largest absolute Gasteiger partial charge is 0.330 e. The van der Waals surface area contributed by atoms with E-state index in [1.165, 1.54) is 24.2 Å². The van der Waals surface area contributed by atoms with Crippen LogP contribution in [0.4, 0.5) is 10.8 Å². The van der Waals surface area contributed by atoms with E-state index in [0.29, 0.717) is 0 Å². The lowest BCUT2D eigenvalue weighted by Crippen LogP contribution is -1.89. The molecular formula is C13H17N3S3. The van der Waals surface area contributed by atoms with Crippen LogP contribution in [0.25, 0.3) is 0 Å². The molecule has 1 heterocycles. The number of aryl methyl sites for hydroxylation is 1. The predicted molar refractivity (Wildman–Crippen MR) is 87.6 cm³/mol. The summed E-state index contributed by atoms with van der Waals surface area (Å²) in [4.78, 5) is 0. The molecule has 6 heteroatoms. The average molecular weight is 312 g/mol. The van der Waals surface area contributed by atoms with Gasteiger partial charge in [0.1, 0.15) is 0 Å².